The number of carbonyl (C=O) groups is 1. The highest BCUT2D eigenvalue weighted by molar-refractivity contribution is 5.69. The molecule has 0 heterocycles. The van der Waals surface area contributed by atoms with Gasteiger partial charge in [-0.1, -0.05) is 133 Å². The van der Waals surface area contributed by atoms with Crippen LogP contribution in [-0.4, -0.2) is 37.0 Å². The molecule has 0 aliphatic carbocycles. The van der Waals surface area contributed by atoms with Gasteiger partial charge in [0.25, 0.3) is 0 Å². The Hall–Kier alpha value is -1.65. The summed E-state index contributed by atoms with van der Waals surface area (Å²) in [4.78, 5) is 12.1. The molecule has 4 nitrogen and oxygen atoms in total. The molecule has 39 heavy (non-hydrogen) atoms. The van der Waals surface area contributed by atoms with Crippen molar-refractivity contribution in [3.05, 3.63) is 48.6 Å². The number of rotatable bonds is 29. The van der Waals surface area contributed by atoms with Gasteiger partial charge >= 0.3 is 5.97 Å². The molecule has 0 aromatic carbocycles. The Labute approximate surface area is 242 Å². The molecule has 0 spiro atoms. The number of hydrogen-bond donors (Lipinski definition) is 1. The number of ether oxygens (including phenoxy) is 2. The number of esters is 1. The van der Waals surface area contributed by atoms with E-state index in [0.29, 0.717) is 13.0 Å². The van der Waals surface area contributed by atoms with E-state index in [0.717, 1.165) is 64.2 Å². The molecule has 0 radical (unpaired) electrons. The highest BCUT2D eigenvalue weighted by atomic mass is 16.6. The SMILES string of the molecule is CC/C=C\C/C=C\C/C=C\C/C=C\CCCCCOCC(CO)OC(=O)CCCCCCCCCCCCC. The molecule has 4 heteroatoms. The largest absolute Gasteiger partial charge is 0.457 e. The molecule has 226 valence electrons. The van der Waals surface area contributed by atoms with Gasteiger partial charge in [0.15, 0.2) is 0 Å². The quantitative estimate of drug-likeness (QED) is 0.0576. The number of carbonyl (C=O) groups excluding carboxylic acids is 1. The topological polar surface area (TPSA) is 55.8 Å². The van der Waals surface area contributed by atoms with E-state index in [-0.39, 0.29) is 19.2 Å². The van der Waals surface area contributed by atoms with Crippen LogP contribution < -0.4 is 0 Å². The zero-order valence-corrected chi connectivity index (χ0v) is 25.6. The lowest BCUT2D eigenvalue weighted by Gasteiger charge is -2.15. The predicted octanol–water partition coefficient (Wildman–Crippen LogP) is 9.97. The van der Waals surface area contributed by atoms with Gasteiger partial charge in [0.1, 0.15) is 6.10 Å². The third-order valence-electron chi connectivity index (χ3n) is 6.67. The second kappa shape index (κ2) is 32.6. The average molecular weight is 547 g/mol. The molecule has 0 aromatic heterocycles. The van der Waals surface area contributed by atoms with Crippen molar-refractivity contribution in [1.82, 2.24) is 0 Å². The first-order valence-electron chi connectivity index (χ1n) is 16.2. The first kappa shape index (κ1) is 37.4. The van der Waals surface area contributed by atoms with E-state index in [2.05, 4.69) is 62.5 Å². The van der Waals surface area contributed by atoms with Crippen LogP contribution >= 0.6 is 0 Å². The Morgan fingerprint density at radius 1 is 0.641 bits per heavy atom. The highest BCUT2D eigenvalue weighted by Crippen LogP contribution is 2.12. The van der Waals surface area contributed by atoms with Gasteiger partial charge in [0.2, 0.25) is 0 Å². The Bertz CT molecular complexity index is 620. The second-order valence-electron chi connectivity index (χ2n) is 10.5. The summed E-state index contributed by atoms with van der Waals surface area (Å²) >= 11 is 0. The number of hydrogen-bond acceptors (Lipinski definition) is 4. The molecule has 0 saturated carbocycles. The van der Waals surface area contributed by atoms with Crippen molar-refractivity contribution in [3.8, 4) is 0 Å². The van der Waals surface area contributed by atoms with E-state index in [1.807, 2.05) is 0 Å². The fourth-order valence-electron chi connectivity index (χ4n) is 4.26. The maximum Gasteiger partial charge on any atom is 0.306 e. The molecular weight excluding hydrogens is 484 g/mol. The van der Waals surface area contributed by atoms with Crippen LogP contribution in [-0.2, 0) is 14.3 Å². The highest BCUT2D eigenvalue weighted by Gasteiger charge is 2.13. The molecule has 1 N–H and O–H groups in total. The monoisotopic (exact) mass is 546 g/mol. The zero-order chi connectivity index (χ0) is 28.5. The van der Waals surface area contributed by atoms with E-state index >= 15 is 0 Å². The fourth-order valence-corrected chi connectivity index (χ4v) is 4.26. The standard InChI is InChI=1S/C35H62O4/c1-3-5-7-9-11-13-15-16-17-18-19-21-23-25-27-29-31-38-33-34(32-36)39-35(37)30-28-26-24-22-20-14-12-10-8-6-4-2/h5,7,11,13,16-17,19,21,34,36H,3-4,6,8-10,12,14-15,18,20,22-33H2,1-2H3/b7-5-,13-11-,17-16-,21-19-. The Morgan fingerprint density at radius 3 is 1.72 bits per heavy atom. The summed E-state index contributed by atoms with van der Waals surface area (Å²) in [6.45, 7) is 5.14. The molecule has 0 saturated heterocycles. The molecule has 0 bridgehead atoms. The lowest BCUT2D eigenvalue weighted by Crippen LogP contribution is -2.27. The summed E-state index contributed by atoms with van der Waals surface area (Å²) in [5, 5.41) is 9.50. The Morgan fingerprint density at radius 2 is 1.15 bits per heavy atom. The van der Waals surface area contributed by atoms with Gasteiger partial charge in [-0.05, 0) is 51.4 Å². The lowest BCUT2D eigenvalue weighted by molar-refractivity contribution is -0.154. The van der Waals surface area contributed by atoms with Crippen LogP contribution in [0.25, 0.3) is 0 Å². The van der Waals surface area contributed by atoms with Crippen LogP contribution in [0.15, 0.2) is 48.6 Å². The summed E-state index contributed by atoms with van der Waals surface area (Å²) < 4.78 is 11.0. The molecule has 0 amide bonds. The number of aliphatic hydroxyl groups excluding tert-OH is 1. The normalized spacial score (nSPS) is 13.0. The molecule has 0 aliphatic rings. The zero-order valence-electron chi connectivity index (χ0n) is 25.6. The van der Waals surface area contributed by atoms with Crippen molar-refractivity contribution in [1.29, 1.82) is 0 Å². The summed E-state index contributed by atoms with van der Waals surface area (Å²) in [5.41, 5.74) is 0. The summed E-state index contributed by atoms with van der Waals surface area (Å²) in [7, 11) is 0. The van der Waals surface area contributed by atoms with Crippen LogP contribution in [0.5, 0.6) is 0 Å². The molecule has 1 unspecified atom stereocenters. The Kier molecular flexibility index (Phi) is 31.2. The van der Waals surface area contributed by atoms with Gasteiger partial charge in [-0.25, -0.2) is 0 Å². The molecule has 1 atom stereocenters. The second-order valence-corrected chi connectivity index (χ2v) is 10.5. The van der Waals surface area contributed by atoms with E-state index < -0.39 is 6.10 Å². The van der Waals surface area contributed by atoms with E-state index in [1.54, 1.807) is 0 Å². The van der Waals surface area contributed by atoms with Crippen LogP contribution in [0.4, 0.5) is 0 Å². The van der Waals surface area contributed by atoms with Crippen molar-refractivity contribution >= 4 is 5.97 Å². The van der Waals surface area contributed by atoms with Crippen molar-refractivity contribution in [2.45, 2.75) is 148 Å². The van der Waals surface area contributed by atoms with Gasteiger partial charge in [-0.2, -0.15) is 0 Å². The maximum atomic E-state index is 12.1. The van der Waals surface area contributed by atoms with Gasteiger partial charge in [0.05, 0.1) is 13.2 Å². The lowest BCUT2D eigenvalue weighted by atomic mass is 10.1. The predicted molar refractivity (Wildman–Crippen MR) is 168 cm³/mol. The molecule has 0 fully saturated rings. The number of unbranched alkanes of at least 4 members (excludes halogenated alkanes) is 13. The van der Waals surface area contributed by atoms with Gasteiger partial charge in [-0.15, -0.1) is 0 Å². The van der Waals surface area contributed by atoms with Crippen LogP contribution in [0.3, 0.4) is 0 Å². The van der Waals surface area contributed by atoms with Crippen molar-refractivity contribution in [2.75, 3.05) is 19.8 Å². The summed E-state index contributed by atoms with van der Waals surface area (Å²) in [5.74, 6) is -0.216. The smallest absolute Gasteiger partial charge is 0.306 e. The van der Waals surface area contributed by atoms with E-state index in [9.17, 15) is 9.90 Å². The third kappa shape index (κ3) is 30.7. The molecule has 0 aromatic rings. The van der Waals surface area contributed by atoms with Crippen LogP contribution in [0.1, 0.15) is 142 Å². The van der Waals surface area contributed by atoms with E-state index in [1.165, 1.54) is 57.8 Å². The fraction of sp³-hybridized carbons (Fsp3) is 0.743. The first-order valence-corrected chi connectivity index (χ1v) is 16.2. The molecular formula is C35H62O4. The van der Waals surface area contributed by atoms with Crippen LogP contribution in [0, 0.1) is 0 Å². The first-order chi connectivity index (χ1) is 19.2. The minimum atomic E-state index is -0.547. The van der Waals surface area contributed by atoms with Gasteiger partial charge in [0, 0.05) is 13.0 Å². The van der Waals surface area contributed by atoms with Gasteiger partial charge < -0.3 is 14.6 Å². The number of aliphatic hydroxyl groups is 1. The van der Waals surface area contributed by atoms with Gasteiger partial charge in [-0.3, -0.25) is 4.79 Å². The minimum Gasteiger partial charge on any atom is -0.457 e. The Balaban J connectivity index is 3.54. The third-order valence-corrected chi connectivity index (χ3v) is 6.67. The van der Waals surface area contributed by atoms with Crippen molar-refractivity contribution in [3.63, 3.8) is 0 Å². The number of allylic oxidation sites excluding steroid dienone is 8. The summed E-state index contributed by atoms with van der Waals surface area (Å²) in [6, 6.07) is 0. The van der Waals surface area contributed by atoms with Crippen molar-refractivity contribution in [2.24, 2.45) is 0 Å². The molecule has 0 rings (SSSR count). The van der Waals surface area contributed by atoms with E-state index in [4.69, 9.17) is 9.47 Å². The average Bonchev–Trinajstić information content (AvgIpc) is 2.94. The summed E-state index contributed by atoms with van der Waals surface area (Å²) in [6.07, 6.45) is 40.0. The molecule has 0 aliphatic heterocycles. The maximum absolute atomic E-state index is 12.1. The minimum absolute atomic E-state index is 0.185. The van der Waals surface area contributed by atoms with Crippen LogP contribution in [0.2, 0.25) is 0 Å². The van der Waals surface area contributed by atoms with Crippen molar-refractivity contribution < 1.29 is 19.4 Å².